The average Bonchev–Trinajstić information content (AvgIpc) is 1.96. The fourth-order valence-corrected chi connectivity index (χ4v) is 1.66. The van der Waals surface area contributed by atoms with Gasteiger partial charge < -0.3 is 10.4 Å². The van der Waals surface area contributed by atoms with Crippen molar-refractivity contribution in [3.05, 3.63) is 0 Å². The monoisotopic (exact) mass is 318 g/mol. The van der Waals surface area contributed by atoms with Crippen molar-refractivity contribution in [1.29, 1.82) is 0 Å². The maximum absolute atomic E-state index is 10.6. The van der Waals surface area contributed by atoms with E-state index in [0.29, 0.717) is 5.75 Å². The number of halogens is 1. The topological polar surface area (TPSA) is 69.6 Å². The Morgan fingerprint density at radius 3 is 2.54 bits per heavy atom. The first kappa shape index (κ1) is 13.0. The molecule has 7 heteroatoms. The minimum absolute atomic E-state index is 0.328. The molecule has 0 saturated carbocycles. The first-order valence-electron chi connectivity index (χ1n) is 3.45. The Morgan fingerprint density at radius 2 is 2.23 bits per heavy atom. The minimum Gasteiger partial charge on any atom is -0.480 e. The van der Waals surface area contributed by atoms with E-state index in [4.69, 9.17) is 5.11 Å². The lowest BCUT2D eigenvalue weighted by Gasteiger charge is -2.14. The normalized spacial score (nSPS) is 12.6. The van der Waals surface area contributed by atoms with E-state index >= 15 is 0 Å². The molecule has 76 valence electrons. The van der Waals surface area contributed by atoms with E-state index in [2.05, 4.69) is 5.32 Å². The molecule has 0 heterocycles. The number of carboxylic acids is 1. The van der Waals surface area contributed by atoms with Gasteiger partial charge in [-0.2, -0.15) is 2.52 Å². The van der Waals surface area contributed by atoms with Crippen molar-refractivity contribution in [3.8, 4) is 0 Å². The van der Waals surface area contributed by atoms with E-state index in [-0.39, 0.29) is 5.91 Å². The molecule has 0 saturated heterocycles. The van der Waals surface area contributed by atoms with Crippen LogP contribution >= 0.6 is 34.8 Å². The fraction of sp³-hybridized carbons (Fsp3) is 0.667. The number of nitrogens with one attached hydrogen (secondary N) is 1. The van der Waals surface area contributed by atoms with Crippen LogP contribution in [0.15, 0.2) is 0 Å². The minimum atomic E-state index is -1.01. The van der Waals surface area contributed by atoms with Crippen molar-refractivity contribution >= 4 is 46.7 Å². The van der Waals surface area contributed by atoms with Gasteiger partial charge in [-0.1, -0.05) is 11.9 Å². The van der Waals surface area contributed by atoms with Gasteiger partial charge in [-0.05, 0) is 0 Å². The number of hydrogen-bond donors (Lipinski definition) is 2. The highest BCUT2D eigenvalue weighted by molar-refractivity contribution is 14.1. The van der Waals surface area contributed by atoms with Gasteiger partial charge in [-0.25, -0.2) is 4.79 Å². The SMILES string of the molecule is CC(=O)N[C@@H](CSN(C)I)C(=O)O. The van der Waals surface area contributed by atoms with Gasteiger partial charge in [0.2, 0.25) is 5.91 Å². The second kappa shape index (κ2) is 6.44. The van der Waals surface area contributed by atoms with Gasteiger partial charge in [0, 0.05) is 42.6 Å². The third-order valence-electron chi connectivity index (χ3n) is 1.09. The van der Waals surface area contributed by atoms with E-state index in [1.54, 1.807) is 9.57 Å². The van der Waals surface area contributed by atoms with Crippen molar-refractivity contribution in [2.45, 2.75) is 13.0 Å². The van der Waals surface area contributed by atoms with Gasteiger partial charge in [0.1, 0.15) is 6.04 Å². The fourth-order valence-electron chi connectivity index (χ4n) is 0.597. The summed E-state index contributed by atoms with van der Waals surface area (Å²) in [7, 11) is 1.80. The van der Waals surface area contributed by atoms with Crippen molar-refractivity contribution in [2.75, 3.05) is 12.8 Å². The Balaban J connectivity index is 3.95. The summed E-state index contributed by atoms with van der Waals surface area (Å²) in [5, 5.41) is 11.0. The van der Waals surface area contributed by atoms with Crippen molar-refractivity contribution in [2.24, 2.45) is 0 Å². The Morgan fingerprint density at radius 1 is 1.69 bits per heavy atom. The Hall–Kier alpha value is -0.0200. The quantitative estimate of drug-likeness (QED) is 0.439. The van der Waals surface area contributed by atoms with Crippen molar-refractivity contribution in [3.63, 3.8) is 0 Å². The molecule has 1 atom stereocenters. The first-order chi connectivity index (χ1) is 5.93. The van der Waals surface area contributed by atoms with Crippen LogP contribution in [-0.2, 0) is 9.59 Å². The largest absolute Gasteiger partial charge is 0.480 e. The highest BCUT2D eigenvalue weighted by Gasteiger charge is 2.18. The number of aliphatic carboxylic acids is 1. The summed E-state index contributed by atoms with van der Waals surface area (Å²) in [5.74, 6) is -1.01. The van der Waals surface area contributed by atoms with E-state index in [1.165, 1.54) is 18.9 Å². The summed E-state index contributed by atoms with van der Waals surface area (Å²) in [6.45, 7) is 1.30. The molecule has 2 N–H and O–H groups in total. The Labute approximate surface area is 94.9 Å². The summed E-state index contributed by atoms with van der Waals surface area (Å²) >= 11 is 3.36. The average molecular weight is 318 g/mol. The third-order valence-corrected chi connectivity index (χ3v) is 2.77. The van der Waals surface area contributed by atoms with Crippen LogP contribution in [0.2, 0.25) is 0 Å². The van der Waals surface area contributed by atoms with Gasteiger partial charge in [-0.15, -0.1) is 0 Å². The van der Waals surface area contributed by atoms with Crippen LogP contribution < -0.4 is 5.32 Å². The molecule has 0 aliphatic rings. The maximum Gasteiger partial charge on any atom is 0.327 e. The Kier molecular flexibility index (Phi) is 6.43. The van der Waals surface area contributed by atoms with Gasteiger partial charge in [0.05, 0.1) is 0 Å². The molecule has 0 aromatic rings. The van der Waals surface area contributed by atoms with E-state index in [1.807, 2.05) is 22.9 Å². The number of amides is 1. The Bertz CT molecular complexity index is 200. The number of carboxylic acid groups (broad SMARTS) is 1. The highest BCUT2D eigenvalue weighted by atomic mass is 127. The molecule has 0 radical (unpaired) electrons. The number of carbonyl (C=O) groups is 2. The zero-order valence-electron chi connectivity index (χ0n) is 7.28. The number of nitrogens with zero attached hydrogens (tertiary/aromatic N) is 1. The van der Waals surface area contributed by atoms with Gasteiger partial charge in [0.25, 0.3) is 0 Å². The highest BCUT2D eigenvalue weighted by Crippen LogP contribution is 2.13. The second-order valence-electron chi connectivity index (χ2n) is 2.31. The molecule has 0 fully saturated rings. The lowest BCUT2D eigenvalue weighted by molar-refractivity contribution is -0.140. The molecular formula is C6H11IN2O3S. The van der Waals surface area contributed by atoms with Crippen molar-refractivity contribution in [1.82, 2.24) is 7.84 Å². The van der Waals surface area contributed by atoms with Gasteiger partial charge in [-0.3, -0.25) is 4.79 Å². The van der Waals surface area contributed by atoms with Crippen LogP contribution in [0.3, 0.4) is 0 Å². The smallest absolute Gasteiger partial charge is 0.327 e. The van der Waals surface area contributed by atoms with Crippen LogP contribution in [0.1, 0.15) is 6.92 Å². The molecule has 1 amide bonds. The van der Waals surface area contributed by atoms with E-state index in [9.17, 15) is 9.59 Å². The van der Waals surface area contributed by atoms with E-state index < -0.39 is 12.0 Å². The van der Waals surface area contributed by atoms with Crippen LogP contribution in [0, 0.1) is 0 Å². The van der Waals surface area contributed by atoms with Gasteiger partial charge >= 0.3 is 5.97 Å². The summed E-state index contributed by atoms with van der Waals surface area (Å²) in [6, 6.07) is -0.820. The third kappa shape index (κ3) is 7.08. The zero-order chi connectivity index (χ0) is 10.4. The number of rotatable bonds is 5. The predicted molar refractivity (Wildman–Crippen MR) is 59.5 cm³/mol. The lowest BCUT2D eigenvalue weighted by atomic mass is 10.3. The summed E-state index contributed by atoms with van der Waals surface area (Å²) in [5.41, 5.74) is 0. The molecule has 0 aromatic carbocycles. The maximum atomic E-state index is 10.6. The molecular weight excluding hydrogens is 307 g/mol. The summed E-state index contributed by atoms with van der Waals surface area (Å²) < 4.78 is 1.76. The number of hydrogen-bond acceptors (Lipinski definition) is 4. The molecule has 0 aliphatic heterocycles. The van der Waals surface area contributed by atoms with Gasteiger partial charge in [0.15, 0.2) is 0 Å². The van der Waals surface area contributed by atoms with Crippen molar-refractivity contribution < 1.29 is 14.7 Å². The first-order valence-corrected chi connectivity index (χ1v) is 5.36. The predicted octanol–water partition coefficient (Wildman–Crippen LogP) is 0.506. The summed E-state index contributed by atoms with van der Waals surface area (Å²) in [6.07, 6.45) is 0. The van der Waals surface area contributed by atoms with E-state index in [0.717, 1.165) is 0 Å². The molecule has 0 unspecified atom stereocenters. The zero-order valence-corrected chi connectivity index (χ0v) is 10.3. The van der Waals surface area contributed by atoms with Crippen LogP contribution in [0.4, 0.5) is 0 Å². The summed E-state index contributed by atoms with van der Waals surface area (Å²) in [4.78, 5) is 21.2. The molecule has 0 spiro atoms. The van der Waals surface area contributed by atoms with Crippen LogP contribution in [-0.4, -0.2) is 38.3 Å². The molecule has 0 aromatic heterocycles. The molecule has 13 heavy (non-hydrogen) atoms. The van der Waals surface area contributed by atoms with Crippen LogP contribution in [0.25, 0.3) is 0 Å². The standard InChI is InChI=1S/C6H11IN2O3S/c1-4(10)8-5(6(11)12)3-13-9(2)7/h5H,3H2,1-2H3,(H,8,10)(H,11,12)/t5-/m0/s1. The molecule has 0 aliphatic carbocycles. The molecule has 5 nitrogen and oxygen atoms in total. The molecule has 0 bridgehead atoms. The number of carbonyl (C=O) groups excluding carboxylic acids is 1. The van der Waals surface area contributed by atoms with Crippen LogP contribution in [0.5, 0.6) is 0 Å². The second-order valence-corrected chi connectivity index (χ2v) is 5.55. The lowest BCUT2D eigenvalue weighted by Crippen LogP contribution is -2.41. The molecule has 0 rings (SSSR count).